The minimum Gasteiger partial charge on any atom is -0.310 e. The van der Waals surface area contributed by atoms with Crippen LogP contribution in [0.4, 0.5) is 4.39 Å². The molecule has 4 heteroatoms. The van der Waals surface area contributed by atoms with Crippen LogP contribution in [0.3, 0.4) is 0 Å². The molecule has 1 N–H and O–H groups in total. The summed E-state index contributed by atoms with van der Waals surface area (Å²) in [4.78, 5) is 0. The molecule has 1 heterocycles. The van der Waals surface area contributed by atoms with Gasteiger partial charge >= 0.3 is 0 Å². The Morgan fingerprint density at radius 3 is 2.65 bits per heavy atom. The number of aryl methyl sites for hydroxylation is 2. The zero-order valence-electron chi connectivity index (χ0n) is 12.6. The standard InChI is InChI=1S/C16H22FN3/c1-5-18-15(10-13-7-6-8-14(17)9-13)16-11(2)19-20(4)12(16)3/h6-9,15,18H,5,10H2,1-4H3. The third-order valence-electron chi connectivity index (χ3n) is 3.69. The first-order valence-electron chi connectivity index (χ1n) is 7.00. The average molecular weight is 275 g/mol. The van der Waals surface area contributed by atoms with Crippen LogP contribution in [0.1, 0.15) is 35.5 Å². The highest BCUT2D eigenvalue weighted by Gasteiger charge is 2.19. The molecule has 0 bridgehead atoms. The topological polar surface area (TPSA) is 29.9 Å². The Hall–Kier alpha value is -1.68. The molecule has 0 aliphatic rings. The van der Waals surface area contributed by atoms with Crippen molar-refractivity contribution < 1.29 is 4.39 Å². The zero-order valence-corrected chi connectivity index (χ0v) is 12.6. The van der Waals surface area contributed by atoms with Crippen molar-refractivity contribution in [2.75, 3.05) is 6.54 Å². The molecular weight excluding hydrogens is 253 g/mol. The number of benzene rings is 1. The molecule has 1 atom stereocenters. The lowest BCUT2D eigenvalue weighted by atomic mass is 9.97. The molecule has 0 saturated carbocycles. The van der Waals surface area contributed by atoms with E-state index in [1.165, 1.54) is 11.6 Å². The van der Waals surface area contributed by atoms with E-state index in [0.717, 1.165) is 29.9 Å². The van der Waals surface area contributed by atoms with Gasteiger partial charge in [0.2, 0.25) is 0 Å². The van der Waals surface area contributed by atoms with Gasteiger partial charge < -0.3 is 5.32 Å². The van der Waals surface area contributed by atoms with Crippen LogP contribution in [-0.4, -0.2) is 16.3 Å². The predicted octanol–water partition coefficient (Wildman–Crippen LogP) is 3.07. The van der Waals surface area contributed by atoms with Crippen molar-refractivity contribution in [3.63, 3.8) is 0 Å². The second kappa shape index (κ2) is 6.18. The summed E-state index contributed by atoms with van der Waals surface area (Å²) in [5, 5.41) is 7.96. The molecule has 0 aliphatic heterocycles. The third kappa shape index (κ3) is 3.07. The first-order valence-corrected chi connectivity index (χ1v) is 7.00. The summed E-state index contributed by atoms with van der Waals surface area (Å²) in [6.07, 6.45) is 0.763. The molecular formula is C16H22FN3. The van der Waals surface area contributed by atoms with Gasteiger partial charge in [0.25, 0.3) is 0 Å². The SMILES string of the molecule is CCNC(Cc1cccc(F)c1)c1c(C)nn(C)c1C. The largest absolute Gasteiger partial charge is 0.310 e. The van der Waals surface area contributed by atoms with E-state index in [0.29, 0.717) is 0 Å². The highest BCUT2D eigenvalue weighted by molar-refractivity contribution is 5.30. The number of hydrogen-bond donors (Lipinski definition) is 1. The van der Waals surface area contributed by atoms with Gasteiger partial charge in [-0.15, -0.1) is 0 Å². The highest BCUT2D eigenvalue weighted by atomic mass is 19.1. The lowest BCUT2D eigenvalue weighted by Gasteiger charge is -2.19. The summed E-state index contributed by atoms with van der Waals surface area (Å²) >= 11 is 0. The first-order chi connectivity index (χ1) is 9.52. The van der Waals surface area contributed by atoms with Gasteiger partial charge in [-0.3, -0.25) is 4.68 Å². The quantitative estimate of drug-likeness (QED) is 0.909. The maximum atomic E-state index is 13.3. The summed E-state index contributed by atoms with van der Waals surface area (Å²) < 4.78 is 15.2. The van der Waals surface area contributed by atoms with Crippen molar-refractivity contribution >= 4 is 0 Å². The van der Waals surface area contributed by atoms with Crippen molar-refractivity contribution in [1.29, 1.82) is 0 Å². The molecule has 0 radical (unpaired) electrons. The van der Waals surface area contributed by atoms with Gasteiger partial charge in [-0.2, -0.15) is 5.10 Å². The Morgan fingerprint density at radius 1 is 1.35 bits per heavy atom. The zero-order chi connectivity index (χ0) is 14.7. The summed E-state index contributed by atoms with van der Waals surface area (Å²) in [5.41, 5.74) is 4.41. The Bertz CT molecular complexity index is 589. The van der Waals surface area contributed by atoms with E-state index >= 15 is 0 Å². The summed E-state index contributed by atoms with van der Waals surface area (Å²) in [6, 6.07) is 6.97. The number of halogens is 1. The maximum Gasteiger partial charge on any atom is 0.123 e. The van der Waals surface area contributed by atoms with Crippen LogP contribution in [0.2, 0.25) is 0 Å². The Morgan fingerprint density at radius 2 is 2.10 bits per heavy atom. The Kier molecular flexibility index (Phi) is 4.55. The third-order valence-corrected chi connectivity index (χ3v) is 3.69. The van der Waals surface area contributed by atoms with Gasteiger partial charge in [0, 0.05) is 24.3 Å². The van der Waals surface area contributed by atoms with Gasteiger partial charge in [0.05, 0.1) is 5.69 Å². The van der Waals surface area contributed by atoms with Crippen molar-refractivity contribution in [2.45, 2.75) is 33.2 Å². The van der Waals surface area contributed by atoms with Gasteiger partial charge in [0.15, 0.2) is 0 Å². The van der Waals surface area contributed by atoms with E-state index < -0.39 is 0 Å². The van der Waals surface area contributed by atoms with E-state index in [1.54, 1.807) is 12.1 Å². The van der Waals surface area contributed by atoms with E-state index in [-0.39, 0.29) is 11.9 Å². The molecule has 1 aromatic carbocycles. The van der Waals surface area contributed by atoms with Crippen molar-refractivity contribution in [1.82, 2.24) is 15.1 Å². The predicted molar refractivity (Wildman–Crippen MR) is 79.2 cm³/mol. The number of aromatic nitrogens is 2. The van der Waals surface area contributed by atoms with E-state index in [2.05, 4.69) is 24.3 Å². The molecule has 0 aliphatic carbocycles. The normalized spacial score (nSPS) is 12.7. The smallest absolute Gasteiger partial charge is 0.123 e. The molecule has 0 fully saturated rings. The summed E-state index contributed by atoms with van der Waals surface area (Å²) in [7, 11) is 1.96. The molecule has 2 rings (SSSR count). The molecule has 3 nitrogen and oxygen atoms in total. The van der Waals surface area contributed by atoms with Crippen LogP contribution in [0.25, 0.3) is 0 Å². The van der Waals surface area contributed by atoms with Crippen LogP contribution in [0, 0.1) is 19.7 Å². The molecule has 2 aromatic rings. The molecule has 1 aromatic heterocycles. The van der Waals surface area contributed by atoms with Gasteiger partial charge in [-0.1, -0.05) is 19.1 Å². The Labute approximate surface area is 119 Å². The van der Waals surface area contributed by atoms with Crippen LogP contribution in [0.15, 0.2) is 24.3 Å². The van der Waals surface area contributed by atoms with Crippen molar-refractivity contribution in [3.8, 4) is 0 Å². The van der Waals surface area contributed by atoms with Crippen LogP contribution in [0.5, 0.6) is 0 Å². The fraction of sp³-hybridized carbons (Fsp3) is 0.438. The molecule has 0 spiro atoms. The Balaban J connectivity index is 2.31. The van der Waals surface area contributed by atoms with Crippen molar-refractivity contribution in [3.05, 3.63) is 52.6 Å². The second-order valence-corrected chi connectivity index (χ2v) is 5.15. The van der Waals surface area contributed by atoms with E-state index in [4.69, 9.17) is 0 Å². The van der Waals surface area contributed by atoms with Gasteiger partial charge in [-0.05, 0) is 44.5 Å². The summed E-state index contributed by atoms with van der Waals surface area (Å²) in [5.74, 6) is -0.183. The maximum absolute atomic E-state index is 13.3. The number of rotatable bonds is 5. The monoisotopic (exact) mass is 275 g/mol. The lowest BCUT2D eigenvalue weighted by molar-refractivity contribution is 0.541. The molecule has 20 heavy (non-hydrogen) atoms. The number of likely N-dealkylation sites (N-methyl/N-ethyl adjacent to an activating group) is 1. The number of hydrogen-bond acceptors (Lipinski definition) is 2. The molecule has 108 valence electrons. The van der Waals surface area contributed by atoms with E-state index in [9.17, 15) is 4.39 Å². The molecule has 1 unspecified atom stereocenters. The minimum atomic E-state index is -0.183. The van der Waals surface area contributed by atoms with Crippen LogP contribution >= 0.6 is 0 Å². The van der Waals surface area contributed by atoms with E-state index in [1.807, 2.05) is 24.7 Å². The molecule has 0 amide bonds. The fourth-order valence-corrected chi connectivity index (χ4v) is 2.72. The van der Waals surface area contributed by atoms with Crippen LogP contribution in [-0.2, 0) is 13.5 Å². The second-order valence-electron chi connectivity index (χ2n) is 5.15. The van der Waals surface area contributed by atoms with Gasteiger partial charge in [0.1, 0.15) is 5.82 Å². The molecule has 0 saturated heterocycles. The number of nitrogens with zero attached hydrogens (tertiary/aromatic N) is 2. The van der Waals surface area contributed by atoms with Crippen LogP contribution < -0.4 is 5.32 Å². The lowest BCUT2D eigenvalue weighted by Crippen LogP contribution is -2.24. The van der Waals surface area contributed by atoms with Crippen molar-refractivity contribution in [2.24, 2.45) is 7.05 Å². The first kappa shape index (κ1) is 14.7. The average Bonchev–Trinajstić information content (AvgIpc) is 2.63. The summed E-state index contributed by atoms with van der Waals surface area (Å²) in [6.45, 7) is 7.05. The minimum absolute atomic E-state index is 0.162. The fourth-order valence-electron chi connectivity index (χ4n) is 2.72. The number of nitrogens with one attached hydrogen (secondary N) is 1. The van der Waals surface area contributed by atoms with Gasteiger partial charge in [-0.25, -0.2) is 4.39 Å². The highest BCUT2D eigenvalue weighted by Crippen LogP contribution is 2.24.